The first-order valence-corrected chi connectivity index (χ1v) is 4.40. The van der Waals surface area contributed by atoms with E-state index < -0.39 is 5.60 Å². The normalized spacial score (nSPS) is 43.9. The molecule has 0 bridgehead atoms. The van der Waals surface area contributed by atoms with E-state index >= 15 is 0 Å². The lowest BCUT2D eigenvalue weighted by atomic mass is 9.84. The lowest BCUT2D eigenvalue weighted by molar-refractivity contribution is -0.0170. The minimum atomic E-state index is -0.870. The highest BCUT2D eigenvalue weighted by Gasteiger charge is 2.37. The minimum absolute atomic E-state index is 0.370. The number of nitrogens with zero attached hydrogens (tertiary/aromatic N) is 1. The van der Waals surface area contributed by atoms with Crippen LogP contribution in [0.2, 0.25) is 0 Å². The van der Waals surface area contributed by atoms with Gasteiger partial charge in [-0.25, -0.2) is 0 Å². The summed E-state index contributed by atoms with van der Waals surface area (Å²) in [4.78, 5) is 2.26. The van der Waals surface area contributed by atoms with E-state index in [1.165, 1.54) is 0 Å². The summed E-state index contributed by atoms with van der Waals surface area (Å²) < 4.78 is 0. The Morgan fingerprint density at radius 2 is 1.83 bits per heavy atom. The van der Waals surface area contributed by atoms with Crippen LogP contribution in [0.5, 0.6) is 0 Å². The van der Waals surface area contributed by atoms with Crippen LogP contribution in [-0.2, 0) is 0 Å². The quantitative estimate of drug-likeness (QED) is 0.541. The van der Waals surface area contributed by atoms with Gasteiger partial charge in [0.15, 0.2) is 0 Å². The second kappa shape index (κ2) is 3.08. The Labute approximate surface area is 74.6 Å². The zero-order valence-corrected chi connectivity index (χ0v) is 8.04. The molecule has 1 aliphatic heterocycles. The number of aliphatic hydroxyl groups is 1. The number of terminal acetylenes is 1. The molecule has 0 amide bonds. The number of rotatable bonds is 0. The Kier molecular flexibility index (Phi) is 2.46. The molecule has 0 saturated carbocycles. The fourth-order valence-electron chi connectivity index (χ4n) is 1.90. The van der Waals surface area contributed by atoms with Gasteiger partial charge in [0.1, 0.15) is 5.60 Å². The van der Waals surface area contributed by atoms with Crippen LogP contribution < -0.4 is 0 Å². The zero-order chi connectivity index (χ0) is 9.35. The zero-order valence-electron chi connectivity index (χ0n) is 8.04. The number of hydrogen-bond acceptors (Lipinski definition) is 2. The van der Waals surface area contributed by atoms with E-state index in [1.807, 2.05) is 0 Å². The molecule has 1 N–H and O–H groups in total. The average molecular weight is 167 g/mol. The van der Waals surface area contributed by atoms with Gasteiger partial charge in [-0.05, 0) is 20.9 Å². The number of hydrogen-bond donors (Lipinski definition) is 1. The molecule has 2 atom stereocenters. The Hall–Kier alpha value is -0.520. The van der Waals surface area contributed by atoms with Gasteiger partial charge in [0, 0.05) is 24.9 Å². The Morgan fingerprint density at radius 3 is 2.17 bits per heavy atom. The second-order valence-electron chi connectivity index (χ2n) is 3.95. The molecule has 0 spiro atoms. The molecular formula is C10H17NO. The lowest BCUT2D eigenvalue weighted by Gasteiger charge is -2.42. The summed E-state index contributed by atoms with van der Waals surface area (Å²) in [5, 5.41) is 9.88. The van der Waals surface area contributed by atoms with Crippen LogP contribution in [-0.4, -0.2) is 34.7 Å². The lowest BCUT2D eigenvalue weighted by Crippen LogP contribution is -2.51. The highest BCUT2D eigenvalue weighted by atomic mass is 16.3. The van der Waals surface area contributed by atoms with Gasteiger partial charge in [-0.3, -0.25) is 0 Å². The highest BCUT2D eigenvalue weighted by Crippen LogP contribution is 2.29. The van der Waals surface area contributed by atoms with Crippen molar-refractivity contribution >= 4 is 0 Å². The van der Waals surface area contributed by atoms with Crippen LogP contribution in [0.25, 0.3) is 0 Å². The van der Waals surface area contributed by atoms with Crippen molar-refractivity contribution in [2.75, 3.05) is 7.05 Å². The van der Waals surface area contributed by atoms with Crippen molar-refractivity contribution in [3.8, 4) is 12.3 Å². The van der Waals surface area contributed by atoms with E-state index in [4.69, 9.17) is 6.42 Å². The van der Waals surface area contributed by atoms with E-state index in [2.05, 4.69) is 31.7 Å². The van der Waals surface area contributed by atoms with Gasteiger partial charge in [-0.1, -0.05) is 5.92 Å². The fraction of sp³-hybridized carbons (Fsp3) is 0.800. The first-order chi connectivity index (χ1) is 5.48. The van der Waals surface area contributed by atoms with Crippen molar-refractivity contribution in [3.63, 3.8) is 0 Å². The Balaban J connectivity index is 2.73. The highest BCUT2D eigenvalue weighted by molar-refractivity contribution is 5.11. The molecule has 1 aliphatic rings. The van der Waals surface area contributed by atoms with Gasteiger partial charge in [0.05, 0.1) is 0 Å². The van der Waals surface area contributed by atoms with Crippen molar-refractivity contribution in [2.24, 2.45) is 0 Å². The van der Waals surface area contributed by atoms with E-state index in [9.17, 15) is 5.11 Å². The van der Waals surface area contributed by atoms with Crippen LogP contribution in [0.1, 0.15) is 26.7 Å². The van der Waals surface area contributed by atoms with Gasteiger partial charge in [-0.15, -0.1) is 6.42 Å². The first-order valence-electron chi connectivity index (χ1n) is 4.40. The minimum Gasteiger partial charge on any atom is -0.377 e. The topological polar surface area (TPSA) is 23.5 Å². The van der Waals surface area contributed by atoms with Gasteiger partial charge in [0.25, 0.3) is 0 Å². The van der Waals surface area contributed by atoms with Gasteiger partial charge in [-0.2, -0.15) is 0 Å². The molecule has 1 fully saturated rings. The third-order valence-corrected chi connectivity index (χ3v) is 2.93. The van der Waals surface area contributed by atoms with Crippen LogP contribution >= 0.6 is 0 Å². The van der Waals surface area contributed by atoms with Gasteiger partial charge >= 0.3 is 0 Å². The summed E-state index contributed by atoms with van der Waals surface area (Å²) in [6.45, 7) is 4.19. The summed E-state index contributed by atoms with van der Waals surface area (Å²) in [6.07, 6.45) is 6.66. The van der Waals surface area contributed by atoms with E-state index in [-0.39, 0.29) is 0 Å². The average Bonchev–Trinajstić information content (AvgIpc) is 2.00. The number of likely N-dealkylation sites (tertiary alicyclic amines) is 1. The van der Waals surface area contributed by atoms with Gasteiger partial charge < -0.3 is 10.0 Å². The standard InChI is InChI=1S/C10H17NO/c1-5-10(12)6-8(2)11(4)9(3)7-10/h1,8-9,12H,6-7H2,2-4H3/t8-,9-/m0/s1. The maximum Gasteiger partial charge on any atom is 0.128 e. The molecule has 1 heterocycles. The molecule has 0 aromatic rings. The van der Waals surface area contributed by atoms with E-state index in [0.29, 0.717) is 24.9 Å². The Morgan fingerprint density at radius 1 is 1.42 bits per heavy atom. The summed E-state index contributed by atoms with van der Waals surface area (Å²) in [7, 11) is 2.07. The van der Waals surface area contributed by atoms with Crippen LogP contribution in [0.15, 0.2) is 0 Å². The fourth-order valence-corrected chi connectivity index (χ4v) is 1.90. The van der Waals surface area contributed by atoms with Crippen LogP contribution in [0.4, 0.5) is 0 Å². The first kappa shape index (κ1) is 9.57. The predicted molar refractivity (Wildman–Crippen MR) is 49.7 cm³/mol. The largest absolute Gasteiger partial charge is 0.377 e. The maximum atomic E-state index is 9.88. The van der Waals surface area contributed by atoms with Crippen molar-refractivity contribution in [1.82, 2.24) is 4.90 Å². The molecule has 68 valence electrons. The van der Waals surface area contributed by atoms with Crippen molar-refractivity contribution in [2.45, 2.75) is 44.4 Å². The summed E-state index contributed by atoms with van der Waals surface area (Å²) in [6, 6.07) is 0.740. The van der Waals surface area contributed by atoms with E-state index in [0.717, 1.165) is 0 Å². The van der Waals surface area contributed by atoms with Gasteiger partial charge in [0.2, 0.25) is 0 Å². The van der Waals surface area contributed by atoms with Crippen molar-refractivity contribution in [3.05, 3.63) is 0 Å². The predicted octanol–water partition coefficient (Wildman–Crippen LogP) is 0.853. The molecule has 1 saturated heterocycles. The molecule has 0 aliphatic carbocycles. The van der Waals surface area contributed by atoms with Crippen molar-refractivity contribution < 1.29 is 5.11 Å². The van der Waals surface area contributed by atoms with Crippen LogP contribution in [0.3, 0.4) is 0 Å². The summed E-state index contributed by atoms with van der Waals surface area (Å²) >= 11 is 0. The maximum absolute atomic E-state index is 9.88. The Bertz CT molecular complexity index is 194. The third kappa shape index (κ3) is 1.63. The molecule has 0 unspecified atom stereocenters. The summed E-state index contributed by atoms with van der Waals surface area (Å²) in [5.41, 5.74) is -0.870. The van der Waals surface area contributed by atoms with Crippen molar-refractivity contribution in [1.29, 1.82) is 0 Å². The van der Waals surface area contributed by atoms with Crippen LogP contribution in [0, 0.1) is 12.3 Å². The molecule has 0 aromatic carbocycles. The summed E-state index contributed by atoms with van der Waals surface area (Å²) in [5.74, 6) is 2.49. The molecule has 12 heavy (non-hydrogen) atoms. The number of piperidine rings is 1. The molecule has 2 heteroatoms. The second-order valence-corrected chi connectivity index (χ2v) is 3.95. The molecule has 0 radical (unpaired) electrons. The molecule has 2 nitrogen and oxygen atoms in total. The molecular weight excluding hydrogens is 150 g/mol. The third-order valence-electron chi connectivity index (χ3n) is 2.93. The SMILES string of the molecule is C#CC1(O)C[C@H](C)N(C)[C@@H](C)C1. The van der Waals surface area contributed by atoms with E-state index in [1.54, 1.807) is 0 Å². The molecule has 0 aromatic heterocycles. The monoisotopic (exact) mass is 167 g/mol. The smallest absolute Gasteiger partial charge is 0.128 e. The molecule has 1 rings (SSSR count).